The van der Waals surface area contributed by atoms with Crippen molar-refractivity contribution >= 4 is 17.1 Å². The standard InChI is InChI=1S/C16H20N4/c1-11-15(10-19-16(11)12(2)18-4)13(3)20(17)14-8-6-5-7-9-14/h5-11H,3,17H2,1-2,4H3/b18-12+. The van der Waals surface area contributed by atoms with Gasteiger partial charge in [0, 0.05) is 24.7 Å². The van der Waals surface area contributed by atoms with Crippen LogP contribution < -0.4 is 10.9 Å². The minimum Gasteiger partial charge on any atom is -0.291 e. The zero-order chi connectivity index (χ0) is 14.7. The van der Waals surface area contributed by atoms with E-state index in [1.54, 1.807) is 12.1 Å². The van der Waals surface area contributed by atoms with Crippen molar-refractivity contribution < 1.29 is 0 Å². The number of hydrogen-bond donors (Lipinski definition) is 1. The third-order valence-electron chi connectivity index (χ3n) is 3.58. The van der Waals surface area contributed by atoms with Gasteiger partial charge in [-0.2, -0.15) is 0 Å². The molecule has 2 N–H and O–H groups in total. The number of nitrogens with two attached hydrogens (primary N) is 1. The number of allylic oxidation sites excluding steroid dienone is 1. The highest BCUT2D eigenvalue weighted by Crippen LogP contribution is 2.29. The van der Waals surface area contributed by atoms with E-state index in [0.29, 0.717) is 0 Å². The van der Waals surface area contributed by atoms with Gasteiger partial charge in [-0.15, -0.1) is 0 Å². The maximum atomic E-state index is 6.15. The molecule has 1 aromatic rings. The van der Waals surface area contributed by atoms with Crippen LogP contribution in [-0.2, 0) is 0 Å². The molecule has 1 aliphatic heterocycles. The van der Waals surface area contributed by atoms with Gasteiger partial charge in [0.25, 0.3) is 0 Å². The van der Waals surface area contributed by atoms with Crippen molar-refractivity contribution in [3.8, 4) is 0 Å². The van der Waals surface area contributed by atoms with Crippen LogP contribution in [0, 0.1) is 5.92 Å². The van der Waals surface area contributed by atoms with Gasteiger partial charge in [-0.1, -0.05) is 31.7 Å². The fourth-order valence-electron chi connectivity index (χ4n) is 2.24. The minimum atomic E-state index is 0.154. The van der Waals surface area contributed by atoms with Crippen LogP contribution in [0.15, 0.2) is 64.4 Å². The molecule has 1 atom stereocenters. The summed E-state index contributed by atoms with van der Waals surface area (Å²) < 4.78 is 0. The highest BCUT2D eigenvalue weighted by molar-refractivity contribution is 6.43. The molecular formula is C16H20N4. The molecule has 4 nitrogen and oxygen atoms in total. The third-order valence-corrected chi connectivity index (χ3v) is 3.58. The zero-order valence-corrected chi connectivity index (χ0v) is 12.2. The number of hydrazine groups is 1. The van der Waals surface area contributed by atoms with Crippen molar-refractivity contribution in [1.82, 2.24) is 0 Å². The van der Waals surface area contributed by atoms with Crippen LogP contribution in [0.1, 0.15) is 13.8 Å². The summed E-state index contributed by atoms with van der Waals surface area (Å²) in [7, 11) is 1.77. The summed E-state index contributed by atoms with van der Waals surface area (Å²) in [5, 5.41) is 1.60. The molecule has 0 bridgehead atoms. The number of benzene rings is 1. The lowest BCUT2D eigenvalue weighted by molar-refractivity contribution is 0.901. The Hall–Kier alpha value is -2.20. The van der Waals surface area contributed by atoms with E-state index in [4.69, 9.17) is 5.84 Å². The number of aliphatic imine (C=N–C) groups is 2. The molecule has 0 spiro atoms. The molecule has 20 heavy (non-hydrogen) atoms. The largest absolute Gasteiger partial charge is 0.291 e. The van der Waals surface area contributed by atoms with Crippen molar-refractivity contribution in [2.24, 2.45) is 21.7 Å². The van der Waals surface area contributed by atoms with Gasteiger partial charge < -0.3 is 0 Å². The average molecular weight is 268 g/mol. The van der Waals surface area contributed by atoms with Crippen LogP contribution in [0.3, 0.4) is 0 Å². The molecule has 1 unspecified atom stereocenters. The summed E-state index contributed by atoms with van der Waals surface area (Å²) in [5.41, 5.74) is 4.60. The van der Waals surface area contributed by atoms with Crippen LogP contribution in [-0.4, -0.2) is 18.5 Å². The molecule has 0 aromatic heterocycles. The Balaban J connectivity index is 2.17. The second-order valence-electron chi connectivity index (χ2n) is 4.78. The first-order valence-corrected chi connectivity index (χ1v) is 6.57. The quantitative estimate of drug-likeness (QED) is 0.518. The van der Waals surface area contributed by atoms with Crippen molar-refractivity contribution in [2.75, 3.05) is 12.1 Å². The highest BCUT2D eigenvalue weighted by Gasteiger charge is 2.26. The van der Waals surface area contributed by atoms with E-state index in [9.17, 15) is 0 Å². The topological polar surface area (TPSA) is 54.0 Å². The predicted molar refractivity (Wildman–Crippen MR) is 86.0 cm³/mol. The van der Waals surface area contributed by atoms with Gasteiger partial charge in [0.2, 0.25) is 0 Å². The molecule has 0 radical (unpaired) electrons. The summed E-state index contributed by atoms with van der Waals surface area (Å²) in [4.78, 5) is 8.64. The van der Waals surface area contributed by atoms with E-state index in [-0.39, 0.29) is 5.92 Å². The van der Waals surface area contributed by atoms with Gasteiger partial charge in [0.1, 0.15) is 0 Å². The lowest BCUT2D eigenvalue weighted by Gasteiger charge is -2.24. The van der Waals surface area contributed by atoms with E-state index in [1.807, 2.05) is 43.5 Å². The molecule has 104 valence electrons. The van der Waals surface area contributed by atoms with Gasteiger partial charge in [-0.25, -0.2) is 5.84 Å². The molecule has 0 aliphatic carbocycles. The Morgan fingerprint density at radius 2 is 2.00 bits per heavy atom. The lowest BCUT2D eigenvalue weighted by Crippen LogP contribution is -2.32. The average Bonchev–Trinajstić information content (AvgIpc) is 2.87. The monoisotopic (exact) mass is 268 g/mol. The number of para-hydroxylation sites is 1. The fourth-order valence-corrected chi connectivity index (χ4v) is 2.24. The lowest BCUT2D eigenvalue weighted by atomic mass is 9.94. The smallest absolute Gasteiger partial charge is 0.0684 e. The van der Waals surface area contributed by atoms with E-state index < -0.39 is 0 Å². The molecule has 0 fully saturated rings. The molecule has 0 saturated heterocycles. The fraction of sp³-hybridized carbons (Fsp3) is 0.250. The first-order valence-electron chi connectivity index (χ1n) is 6.57. The van der Waals surface area contributed by atoms with Crippen molar-refractivity contribution in [2.45, 2.75) is 13.8 Å². The van der Waals surface area contributed by atoms with Crippen LogP contribution in [0.4, 0.5) is 5.69 Å². The molecule has 0 amide bonds. The molecule has 1 heterocycles. The van der Waals surface area contributed by atoms with Crippen molar-refractivity contribution in [3.05, 3.63) is 54.4 Å². The second kappa shape index (κ2) is 5.84. The normalized spacial score (nSPS) is 18.6. The Kier molecular flexibility index (Phi) is 4.15. The minimum absolute atomic E-state index is 0.154. The zero-order valence-electron chi connectivity index (χ0n) is 12.2. The van der Waals surface area contributed by atoms with E-state index >= 15 is 0 Å². The Morgan fingerprint density at radius 1 is 1.35 bits per heavy atom. The summed E-state index contributed by atoms with van der Waals surface area (Å²) in [6.45, 7) is 8.16. The molecule has 1 aromatic carbocycles. The maximum Gasteiger partial charge on any atom is 0.0684 e. The Morgan fingerprint density at radius 3 is 2.60 bits per heavy atom. The molecule has 4 heteroatoms. The number of rotatable bonds is 4. The number of anilines is 1. The molecule has 1 aliphatic rings. The van der Waals surface area contributed by atoms with Crippen molar-refractivity contribution in [3.63, 3.8) is 0 Å². The summed E-state index contributed by atoms with van der Waals surface area (Å²) >= 11 is 0. The van der Waals surface area contributed by atoms with Gasteiger partial charge in [-0.3, -0.25) is 15.0 Å². The number of nitrogens with zero attached hydrogens (tertiary/aromatic N) is 3. The van der Waals surface area contributed by atoms with E-state index in [2.05, 4.69) is 23.5 Å². The Labute approximate surface area is 120 Å². The SMILES string of the molecule is C=C(C1=CN=C(/C(C)=N/C)C1C)N(N)c1ccccc1. The van der Waals surface area contributed by atoms with E-state index in [1.165, 1.54) is 0 Å². The van der Waals surface area contributed by atoms with Gasteiger partial charge >= 0.3 is 0 Å². The summed E-state index contributed by atoms with van der Waals surface area (Å²) in [6.07, 6.45) is 1.83. The second-order valence-corrected chi connectivity index (χ2v) is 4.78. The first kappa shape index (κ1) is 14.2. The molecule has 2 rings (SSSR count). The highest BCUT2D eigenvalue weighted by atomic mass is 15.4. The van der Waals surface area contributed by atoms with Gasteiger partial charge in [-0.05, 0) is 19.1 Å². The Bertz CT molecular complexity index is 596. The van der Waals surface area contributed by atoms with Gasteiger partial charge in [0.15, 0.2) is 0 Å². The van der Waals surface area contributed by atoms with Crippen molar-refractivity contribution in [1.29, 1.82) is 0 Å². The predicted octanol–water partition coefficient (Wildman–Crippen LogP) is 2.95. The molecular weight excluding hydrogens is 248 g/mol. The maximum absolute atomic E-state index is 6.15. The van der Waals surface area contributed by atoms with Crippen LogP contribution in [0.25, 0.3) is 0 Å². The summed E-state index contributed by atoms with van der Waals surface area (Å²) in [5.74, 6) is 6.30. The number of hydrogen-bond acceptors (Lipinski definition) is 4. The third kappa shape index (κ3) is 2.56. The summed E-state index contributed by atoms with van der Waals surface area (Å²) in [6, 6.07) is 9.76. The van der Waals surface area contributed by atoms with Crippen LogP contribution in [0.2, 0.25) is 0 Å². The van der Waals surface area contributed by atoms with Crippen LogP contribution in [0.5, 0.6) is 0 Å². The first-order chi connectivity index (χ1) is 9.56. The van der Waals surface area contributed by atoms with E-state index in [0.717, 1.165) is 28.4 Å². The van der Waals surface area contributed by atoms with Gasteiger partial charge in [0.05, 0.1) is 22.8 Å². The van der Waals surface area contributed by atoms with Crippen LogP contribution >= 0.6 is 0 Å². The molecule has 0 saturated carbocycles.